The van der Waals surface area contributed by atoms with Gasteiger partial charge in [0.1, 0.15) is 0 Å². The molecular formula is C14H15FN2OS. The van der Waals surface area contributed by atoms with E-state index in [9.17, 15) is 4.39 Å². The molecule has 3 nitrogen and oxygen atoms in total. The first-order chi connectivity index (χ1) is 9.13. The minimum atomic E-state index is -0.469. The van der Waals surface area contributed by atoms with Gasteiger partial charge in [0.15, 0.2) is 11.6 Å². The Balaban J connectivity index is 2.26. The van der Waals surface area contributed by atoms with Crippen molar-refractivity contribution in [1.29, 1.82) is 0 Å². The Morgan fingerprint density at radius 1 is 1.21 bits per heavy atom. The number of halogens is 1. The maximum atomic E-state index is 13.4. The Morgan fingerprint density at radius 2 is 1.89 bits per heavy atom. The molecule has 2 aromatic carbocycles. The summed E-state index contributed by atoms with van der Waals surface area (Å²) in [6.07, 6.45) is 2.02. The van der Waals surface area contributed by atoms with Crippen LogP contribution in [0.1, 0.15) is 0 Å². The molecule has 0 radical (unpaired) electrons. The Bertz CT molecular complexity index is 572. The van der Waals surface area contributed by atoms with Crippen molar-refractivity contribution in [2.45, 2.75) is 4.90 Å². The number of methoxy groups -OCH3 is 1. The second-order valence-corrected chi connectivity index (χ2v) is 4.81. The standard InChI is InChI=1S/C14H15FN2OS/c1-18-14-8-13(12(16)7-11(14)15)17-9-3-5-10(19-2)6-4-9/h3-8,17H,16H2,1-2H3. The average Bonchev–Trinajstić information content (AvgIpc) is 2.42. The average molecular weight is 278 g/mol. The predicted molar refractivity (Wildman–Crippen MR) is 78.9 cm³/mol. The van der Waals surface area contributed by atoms with Gasteiger partial charge in [0, 0.05) is 22.7 Å². The Kier molecular flexibility index (Phi) is 4.16. The Labute approximate surface area is 116 Å². The molecule has 0 saturated heterocycles. The van der Waals surface area contributed by atoms with Gasteiger partial charge in [-0.05, 0) is 30.5 Å². The van der Waals surface area contributed by atoms with Gasteiger partial charge in [-0.3, -0.25) is 0 Å². The zero-order valence-corrected chi connectivity index (χ0v) is 11.6. The van der Waals surface area contributed by atoms with Crippen molar-refractivity contribution in [2.75, 3.05) is 24.4 Å². The van der Waals surface area contributed by atoms with Crippen LogP contribution in [0.15, 0.2) is 41.3 Å². The molecular weight excluding hydrogens is 263 g/mol. The number of anilines is 3. The zero-order valence-electron chi connectivity index (χ0n) is 10.7. The first-order valence-electron chi connectivity index (χ1n) is 5.68. The highest BCUT2D eigenvalue weighted by atomic mass is 32.2. The summed E-state index contributed by atoms with van der Waals surface area (Å²) in [5, 5.41) is 3.14. The number of hydrogen-bond acceptors (Lipinski definition) is 4. The van der Waals surface area contributed by atoms with E-state index >= 15 is 0 Å². The van der Waals surface area contributed by atoms with Gasteiger partial charge in [-0.15, -0.1) is 11.8 Å². The van der Waals surface area contributed by atoms with E-state index in [4.69, 9.17) is 10.5 Å². The number of hydrogen-bond donors (Lipinski definition) is 2. The van der Waals surface area contributed by atoms with Gasteiger partial charge in [-0.25, -0.2) is 4.39 Å². The maximum absolute atomic E-state index is 13.4. The molecule has 0 spiro atoms. The summed E-state index contributed by atoms with van der Waals surface area (Å²) in [6, 6.07) is 10.7. The van der Waals surface area contributed by atoms with Crippen molar-refractivity contribution < 1.29 is 9.13 Å². The summed E-state index contributed by atoms with van der Waals surface area (Å²) < 4.78 is 18.4. The van der Waals surface area contributed by atoms with E-state index in [0.29, 0.717) is 11.4 Å². The van der Waals surface area contributed by atoms with Gasteiger partial charge in [0.25, 0.3) is 0 Å². The van der Waals surface area contributed by atoms with Crippen LogP contribution in [0.4, 0.5) is 21.5 Å². The number of thioether (sulfide) groups is 1. The van der Waals surface area contributed by atoms with E-state index in [1.165, 1.54) is 18.1 Å². The van der Waals surface area contributed by atoms with Crippen LogP contribution < -0.4 is 15.8 Å². The summed E-state index contributed by atoms with van der Waals surface area (Å²) in [7, 11) is 1.42. The van der Waals surface area contributed by atoms with Gasteiger partial charge < -0.3 is 15.8 Å². The highest BCUT2D eigenvalue weighted by Crippen LogP contribution is 2.30. The van der Waals surface area contributed by atoms with Gasteiger partial charge in [-0.2, -0.15) is 0 Å². The largest absolute Gasteiger partial charge is 0.494 e. The van der Waals surface area contributed by atoms with E-state index in [1.54, 1.807) is 17.8 Å². The molecule has 0 aromatic heterocycles. The molecule has 0 atom stereocenters. The molecule has 3 N–H and O–H groups in total. The van der Waals surface area contributed by atoms with Crippen LogP contribution in [-0.4, -0.2) is 13.4 Å². The quantitative estimate of drug-likeness (QED) is 0.658. The van der Waals surface area contributed by atoms with Crippen LogP contribution in [-0.2, 0) is 0 Å². The molecule has 0 unspecified atom stereocenters. The number of ether oxygens (including phenoxy) is 1. The van der Waals surface area contributed by atoms with Crippen molar-refractivity contribution >= 4 is 28.8 Å². The van der Waals surface area contributed by atoms with Gasteiger partial charge >= 0.3 is 0 Å². The maximum Gasteiger partial charge on any atom is 0.167 e. The van der Waals surface area contributed by atoms with Crippen molar-refractivity contribution in [2.24, 2.45) is 0 Å². The molecule has 0 aliphatic rings. The number of nitrogens with two attached hydrogens (primary N) is 1. The van der Waals surface area contributed by atoms with Crippen molar-refractivity contribution in [3.8, 4) is 5.75 Å². The molecule has 100 valence electrons. The lowest BCUT2D eigenvalue weighted by Crippen LogP contribution is -1.99. The molecule has 0 amide bonds. The van der Waals surface area contributed by atoms with Crippen LogP contribution in [0.5, 0.6) is 5.75 Å². The van der Waals surface area contributed by atoms with E-state index in [-0.39, 0.29) is 5.75 Å². The Morgan fingerprint density at radius 3 is 2.47 bits per heavy atom. The van der Waals surface area contributed by atoms with Crippen molar-refractivity contribution in [1.82, 2.24) is 0 Å². The van der Waals surface area contributed by atoms with E-state index in [2.05, 4.69) is 5.32 Å². The second-order valence-electron chi connectivity index (χ2n) is 3.93. The SMILES string of the molecule is COc1cc(Nc2ccc(SC)cc2)c(N)cc1F. The third kappa shape index (κ3) is 3.12. The molecule has 0 saturated carbocycles. The molecule has 2 rings (SSSR count). The smallest absolute Gasteiger partial charge is 0.167 e. The fourth-order valence-electron chi connectivity index (χ4n) is 1.66. The lowest BCUT2D eigenvalue weighted by atomic mass is 10.2. The molecule has 19 heavy (non-hydrogen) atoms. The normalized spacial score (nSPS) is 10.3. The van der Waals surface area contributed by atoms with Crippen LogP contribution in [0.3, 0.4) is 0 Å². The highest BCUT2D eigenvalue weighted by molar-refractivity contribution is 7.98. The molecule has 5 heteroatoms. The van der Waals surface area contributed by atoms with Crippen LogP contribution in [0.25, 0.3) is 0 Å². The second kappa shape index (κ2) is 5.84. The molecule has 0 fully saturated rings. The van der Waals surface area contributed by atoms with Gasteiger partial charge in [0.2, 0.25) is 0 Å². The van der Waals surface area contributed by atoms with E-state index < -0.39 is 5.82 Å². The predicted octanol–water partition coefficient (Wildman–Crippen LogP) is 3.88. The van der Waals surface area contributed by atoms with Crippen LogP contribution in [0, 0.1) is 5.82 Å². The first kappa shape index (κ1) is 13.5. The molecule has 0 bridgehead atoms. The van der Waals surface area contributed by atoms with E-state index in [1.807, 2.05) is 30.5 Å². The summed E-state index contributed by atoms with van der Waals surface area (Å²) in [5.74, 6) is -0.305. The summed E-state index contributed by atoms with van der Waals surface area (Å²) in [4.78, 5) is 1.18. The number of nitrogens with one attached hydrogen (secondary N) is 1. The zero-order chi connectivity index (χ0) is 13.8. The molecule has 0 aliphatic heterocycles. The third-order valence-corrected chi connectivity index (χ3v) is 3.44. The number of benzene rings is 2. The molecule has 0 aliphatic carbocycles. The first-order valence-corrected chi connectivity index (χ1v) is 6.90. The van der Waals surface area contributed by atoms with Gasteiger partial charge in [-0.1, -0.05) is 0 Å². The lowest BCUT2D eigenvalue weighted by molar-refractivity contribution is 0.387. The van der Waals surface area contributed by atoms with Crippen LogP contribution >= 0.6 is 11.8 Å². The van der Waals surface area contributed by atoms with E-state index in [0.717, 1.165) is 5.69 Å². The fraction of sp³-hybridized carbons (Fsp3) is 0.143. The minimum Gasteiger partial charge on any atom is -0.494 e. The van der Waals surface area contributed by atoms with Crippen LogP contribution in [0.2, 0.25) is 0 Å². The van der Waals surface area contributed by atoms with Crippen molar-refractivity contribution in [3.63, 3.8) is 0 Å². The minimum absolute atomic E-state index is 0.164. The number of rotatable bonds is 4. The molecule has 0 heterocycles. The topological polar surface area (TPSA) is 47.3 Å². The highest BCUT2D eigenvalue weighted by Gasteiger charge is 2.08. The summed E-state index contributed by atoms with van der Waals surface area (Å²) >= 11 is 1.67. The third-order valence-electron chi connectivity index (χ3n) is 2.69. The number of nitrogen functional groups attached to an aromatic ring is 1. The molecule has 2 aromatic rings. The van der Waals surface area contributed by atoms with Crippen molar-refractivity contribution in [3.05, 3.63) is 42.2 Å². The fourth-order valence-corrected chi connectivity index (χ4v) is 2.07. The monoisotopic (exact) mass is 278 g/mol. The lowest BCUT2D eigenvalue weighted by Gasteiger charge is -2.12. The Hall–Kier alpha value is -1.88. The summed E-state index contributed by atoms with van der Waals surface area (Å²) in [6.45, 7) is 0. The van der Waals surface area contributed by atoms with Gasteiger partial charge in [0.05, 0.1) is 18.5 Å². The summed E-state index contributed by atoms with van der Waals surface area (Å²) in [5.41, 5.74) is 7.63.